The van der Waals surface area contributed by atoms with E-state index in [-0.39, 0.29) is 0 Å². The number of para-hydroxylation sites is 2. The summed E-state index contributed by atoms with van der Waals surface area (Å²) in [5.74, 6) is 0.684. The Labute approximate surface area is 347 Å². The van der Waals surface area contributed by atoms with Crippen molar-refractivity contribution in [1.82, 2.24) is 9.97 Å². The van der Waals surface area contributed by atoms with Gasteiger partial charge in [-0.25, -0.2) is 9.97 Å². The molecule has 0 bridgehead atoms. The summed E-state index contributed by atoms with van der Waals surface area (Å²) in [6.07, 6.45) is 0. The van der Waals surface area contributed by atoms with E-state index < -0.39 is 5.41 Å². The fourth-order valence-corrected chi connectivity index (χ4v) is 9.70. The zero-order valence-electron chi connectivity index (χ0n) is 32.6. The summed E-state index contributed by atoms with van der Waals surface area (Å²) in [6, 6.07) is 78.0. The molecule has 2 aromatic heterocycles. The molecule has 3 heteroatoms. The lowest BCUT2D eigenvalue weighted by Gasteiger charge is -2.34. The maximum absolute atomic E-state index is 6.45. The van der Waals surface area contributed by atoms with Gasteiger partial charge in [-0.3, -0.25) is 0 Å². The van der Waals surface area contributed by atoms with Gasteiger partial charge >= 0.3 is 0 Å². The van der Waals surface area contributed by atoms with Crippen LogP contribution < -0.4 is 0 Å². The molecule has 11 aromatic rings. The molecular weight excluding hydrogens is 729 g/mol. The minimum Gasteiger partial charge on any atom is -0.455 e. The SMILES string of the molecule is c1ccc(-c2nc(-c3ccc(C4(c5ccccc5)c5ccccc5-c5c4ccc4ccccc54)cc3)cc(-c3cccc(-c4cccc5c4oc4ccccc45)c3)n2)cc1. The van der Waals surface area contributed by atoms with Gasteiger partial charge in [0.2, 0.25) is 0 Å². The van der Waals surface area contributed by atoms with Crippen LogP contribution >= 0.6 is 0 Å². The van der Waals surface area contributed by atoms with Crippen LogP contribution in [-0.2, 0) is 5.41 Å². The molecule has 0 spiro atoms. The first-order valence-electron chi connectivity index (χ1n) is 20.5. The molecule has 0 aliphatic heterocycles. The smallest absolute Gasteiger partial charge is 0.160 e. The van der Waals surface area contributed by atoms with E-state index in [1.165, 1.54) is 44.2 Å². The number of furan rings is 1. The topological polar surface area (TPSA) is 38.9 Å². The molecule has 9 aromatic carbocycles. The van der Waals surface area contributed by atoms with E-state index in [0.29, 0.717) is 5.82 Å². The van der Waals surface area contributed by atoms with Crippen LogP contribution in [0.25, 0.3) is 88.9 Å². The van der Waals surface area contributed by atoms with Gasteiger partial charge in [0, 0.05) is 33.0 Å². The molecule has 0 amide bonds. The van der Waals surface area contributed by atoms with E-state index in [1.807, 2.05) is 30.3 Å². The number of hydrogen-bond acceptors (Lipinski definition) is 3. The van der Waals surface area contributed by atoms with Crippen molar-refractivity contribution in [2.45, 2.75) is 5.41 Å². The highest BCUT2D eigenvalue weighted by molar-refractivity contribution is 6.09. The van der Waals surface area contributed by atoms with Crippen molar-refractivity contribution in [3.8, 4) is 56.2 Å². The minimum absolute atomic E-state index is 0.509. The van der Waals surface area contributed by atoms with Crippen LogP contribution in [0.3, 0.4) is 0 Å². The largest absolute Gasteiger partial charge is 0.455 e. The van der Waals surface area contributed by atoms with Crippen LogP contribution in [0.15, 0.2) is 223 Å². The third kappa shape index (κ3) is 5.23. The lowest BCUT2D eigenvalue weighted by molar-refractivity contribution is 0.670. The molecule has 60 heavy (non-hydrogen) atoms. The lowest BCUT2D eigenvalue weighted by Crippen LogP contribution is -2.28. The molecule has 1 aliphatic carbocycles. The summed E-state index contributed by atoms with van der Waals surface area (Å²) in [6.45, 7) is 0. The van der Waals surface area contributed by atoms with Crippen LogP contribution in [0, 0.1) is 0 Å². The van der Waals surface area contributed by atoms with Crippen LogP contribution in [0.1, 0.15) is 22.3 Å². The van der Waals surface area contributed by atoms with Crippen LogP contribution in [0.4, 0.5) is 0 Å². The highest BCUT2D eigenvalue weighted by Gasteiger charge is 2.46. The second-order valence-electron chi connectivity index (χ2n) is 15.6. The van der Waals surface area contributed by atoms with E-state index in [0.717, 1.165) is 61.1 Å². The summed E-state index contributed by atoms with van der Waals surface area (Å²) < 4.78 is 6.45. The van der Waals surface area contributed by atoms with E-state index >= 15 is 0 Å². The Kier molecular flexibility index (Phi) is 7.76. The summed E-state index contributed by atoms with van der Waals surface area (Å²) in [5.41, 5.74) is 15.7. The minimum atomic E-state index is -0.509. The van der Waals surface area contributed by atoms with Gasteiger partial charge in [-0.05, 0) is 67.9 Å². The molecule has 1 atom stereocenters. The Hall–Kier alpha value is -7.88. The number of hydrogen-bond donors (Lipinski definition) is 0. The standard InChI is InChI=1S/C57H36N2O/c1-3-16-39(17-4-1)56-58-51(36-52(59-56)41-19-13-18-40(35-41)45-25-14-26-47-46-23-10-12-28-53(46)60-55(45)47)38-29-32-43(33-30-38)57(42-20-5-2-6-21-42)49-27-11-9-24-48(49)54-44-22-8-7-15-37(44)31-34-50(54)57/h1-36H. The van der Waals surface area contributed by atoms with Gasteiger partial charge in [0.1, 0.15) is 11.2 Å². The molecule has 280 valence electrons. The Morgan fingerprint density at radius 1 is 0.367 bits per heavy atom. The Morgan fingerprint density at radius 3 is 1.83 bits per heavy atom. The van der Waals surface area contributed by atoms with Crippen LogP contribution in [-0.4, -0.2) is 9.97 Å². The van der Waals surface area contributed by atoms with Crippen molar-refractivity contribution in [3.05, 3.63) is 241 Å². The molecule has 3 nitrogen and oxygen atoms in total. The monoisotopic (exact) mass is 764 g/mol. The van der Waals surface area contributed by atoms with Gasteiger partial charge in [0.25, 0.3) is 0 Å². The maximum atomic E-state index is 6.45. The van der Waals surface area contributed by atoms with Gasteiger partial charge in [-0.2, -0.15) is 0 Å². The Bertz CT molecular complexity index is 3420. The molecule has 12 rings (SSSR count). The predicted octanol–water partition coefficient (Wildman–Crippen LogP) is 14.6. The van der Waals surface area contributed by atoms with Crippen molar-refractivity contribution in [2.24, 2.45) is 0 Å². The summed E-state index contributed by atoms with van der Waals surface area (Å²) in [7, 11) is 0. The molecule has 2 heterocycles. The molecule has 0 fully saturated rings. The quantitative estimate of drug-likeness (QED) is 0.169. The second-order valence-corrected chi connectivity index (χ2v) is 15.6. The third-order valence-corrected chi connectivity index (χ3v) is 12.4. The van der Waals surface area contributed by atoms with Gasteiger partial charge < -0.3 is 4.42 Å². The number of nitrogens with zero attached hydrogens (tertiary/aromatic N) is 2. The van der Waals surface area contributed by atoms with Crippen LogP contribution in [0.2, 0.25) is 0 Å². The normalized spacial score (nSPS) is 14.4. The first-order chi connectivity index (χ1) is 29.7. The van der Waals surface area contributed by atoms with Gasteiger partial charge in [0.15, 0.2) is 5.82 Å². The summed E-state index contributed by atoms with van der Waals surface area (Å²) in [4.78, 5) is 10.4. The fourth-order valence-electron chi connectivity index (χ4n) is 9.70. The van der Waals surface area contributed by atoms with Gasteiger partial charge in [-0.1, -0.05) is 200 Å². The van der Waals surface area contributed by atoms with Crippen molar-refractivity contribution in [3.63, 3.8) is 0 Å². The first-order valence-corrected chi connectivity index (χ1v) is 20.5. The average molecular weight is 765 g/mol. The molecule has 0 saturated carbocycles. The molecule has 0 radical (unpaired) electrons. The van der Waals surface area contributed by atoms with Gasteiger partial charge in [0.05, 0.1) is 16.8 Å². The fraction of sp³-hybridized carbons (Fsp3) is 0.0175. The Morgan fingerprint density at radius 2 is 0.983 bits per heavy atom. The van der Waals surface area contributed by atoms with E-state index in [1.54, 1.807) is 0 Å². The van der Waals surface area contributed by atoms with E-state index in [4.69, 9.17) is 14.4 Å². The molecule has 1 aliphatic rings. The zero-order chi connectivity index (χ0) is 39.6. The molecule has 1 unspecified atom stereocenters. The number of fused-ring (bicyclic) bond motifs is 8. The molecule has 0 saturated heterocycles. The summed E-state index contributed by atoms with van der Waals surface area (Å²) >= 11 is 0. The molecule has 0 N–H and O–H groups in total. The van der Waals surface area contributed by atoms with Crippen LogP contribution in [0.5, 0.6) is 0 Å². The number of aromatic nitrogens is 2. The second kappa shape index (κ2) is 13.6. The number of benzene rings is 9. The van der Waals surface area contributed by atoms with Crippen molar-refractivity contribution < 1.29 is 4.42 Å². The van der Waals surface area contributed by atoms with Gasteiger partial charge in [-0.15, -0.1) is 0 Å². The van der Waals surface area contributed by atoms with Crippen molar-refractivity contribution in [1.29, 1.82) is 0 Å². The van der Waals surface area contributed by atoms with E-state index in [9.17, 15) is 0 Å². The highest BCUT2D eigenvalue weighted by Crippen LogP contribution is 2.57. The summed E-state index contributed by atoms with van der Waals surface area (Å²) in [5, 5.41) is 4.75. The van der Waals surface area contributed by atoms with E-state index in [2.05, 4.69) is 188 Å². The first kappa shape index (κ1) is 34.2. The maximum Gasteiger partial charge on any atom is 0.160 e. The number of rotatable bonds is 6. The lowest BCUT2D eigenvalue weighted by atomic mass is 9.67. The predicted molar refractivity (Wildman–Crippen MR) is 246 cm³/mol. The highest BCUT2D eigenvalue weighted by atomic mass is 16.3. The average Bonchev–Trinajstić information content (AvgIpc) is 3.86. The van der Waals surface area contributed by atoms with Crippen molar-refractivity contribution >= 4 is 32.7 Å². The Balaban J connectivity index is 1.01. The zero-order valence-corrected chi connectivity index (χ0v) is 32.6. The van der Waals surface area contributed by atoms with Crippen molar-refractivity contribution in [2.75, 3.05) is 0 Å². The molecular formula is C57H36N2O. The third-order valence-electron chi connectivity index (χ3n) is 12.4.